The summed E-state index contributed by atoms with van der Waals surface area (Å²) in [5, 5.41) is 3.42. The van der Waals surface area contributed by atoms with E-state index in [4.69, 9.17) is 14.2 Å². The Morgan fingerprint density at radius 2 is 1.36 bits per heavy atom. The van der Waals surface area contributed by atoms with E-state index in [1.165, 1.54) is 11.1 Å². The van der Waals surface area contributed by atoms with E-state index in [0.29, 0.717) is 18.0 Å². The highest BCUT2D eigenvalue weighted by atomic mass is 16.5. The Bertz CT molecular complexity index is 608. The van der Waals surface area contributed by atoms with Crippen LogP contribution >= 0.6 is 0 Å². The summed E-state index contributed by atoms with van der Waals surface area (Å²) in [6.45, 7) is 3.58. The molecule has 2 aromatic rings. The molecule has 0 aliphatic carbocycles. The van der Waals surface area contributed by atoms with Crippen LogP contribution < -0.4 is 19.5 Å². The summed E-state index contributed by atoms with van der Waals surface area (Å²) in [6, 6.07) is 12.3. The highest BCUT2D eigenvalue weighted by Gasteiger charge is 2.11. The van der Waals surface area contributed by atoms with Gasteiger partial charge in [-0.2, -0.15) is 0 Å². The minimum absolute atomic E-state index is 0.668. The molecule has 0 radical (unpaired) electrons. The summed E-state index contributed by atoms with van der Waals surface area (Å²) < 4.78 is 16.1. The second kappa shape index (κ2) is 7.71. The van der Waals surface area contributed by atoms with Crippen molar-refractivity contribution < 1.29 is 14.2 Å². The van der Waals surface area contributed by atoms with Crippen LogP contribution in [0.1, 0.15) is 16.7 Å². The maximum absolute atomic E-state index is 5.43. The van der Waals surface area contributed by atoms with Crippen molar-refractivity contribution in [1.29, 1.82) is 0 Å². The zero-order chi connectivity index (χ0) is 15.9. The Balaban J connectivity index is 2.06. The molecular weight excluding hydrogens is 278 g/mol. The summed E-state index contributed by atoms with van der Waals surface area (Å²) >= 11 is 0. The highest BCUT2D eigenvalue weighted by molar-refractivity contribution is 5.50. The average Bonchev–Trinajstić information content (AvgIpc) is 2.56. The van der Waals surface area contributed by atoms with Crippen LogP contribution in [0.5, 0.6) is 17.2 Å². The van der Waals surface area contributed by atoms with Gasteiger partial charge in [0.2, 0.25) is 0 Å². The molecule has 118 valence electrons. The minimum atomic E-state index is 0.668. The number of nitrogens with one attached hydrogen (secondary N) is 1. The fraction of sp³-hybridized carbons (Fsp3) is 0.333. The van der Waals surface area contributed by atoms with E-state index in [-0.39, 0.29) is 0 Å². The molecule has 0 unspecified atom stereocenters. The predicted octanol–water partition coefficient (Wildman–Crippen LogP) is 3.31. The lowest BCUT2D eigenvalue weighted by atomic mass is 10.1. The Labute approximate surface area is 132 Å². The van der Waals surface area contributed by atoms with Crippen LogP contribution in [0, 0.1) is 6.92 Å². The van der Waals surface area contributed by atoms with Crippen molar-refractivity contribution in [2.24, 2.45) is 0 Å². The summed E-state index contributed by atoms with van der Waals surface area (Å²) in [6.07, 6.45) is 0. The van der Waals surface area contributed by atoms with Gasteiger partial charge in [-0.3, -0.25) is 0 Å². The van der Waals surface area contributed by atoms with E-state index < -0.39 is 0 Å². The molecule has 0 bridgehead atoms. The van der Waals surface area contributed by atoms with Gasteiger partial charge in [-0.05, 0) is 18.6 Å². The van der Waals surface area contributed by atoms with E-state index in [9.17, 15) is 0 Å². The Hall–Kier alpha value is -2.20. The molecular formula is C18H23NO3. The van der Waals surface area contributed by atoms with E-state index >= 15 is 0 Å². The Morgan fingerprint density at radius 1 is 0.773 bits per heavy atom. The normalized spacial score (nSPS) is 10.4. The fourth-order valence-corrected chi connectivity index (χ4v) is 2.28. The second-order valence-corrected chi connectivity index (χ2v) is 5.11. The van der Waals surface area contributed by atoms with Gasteiger partial charge in [0, 0.05) is 24.7 Å². The molecule has 1 N–H and O–H groups in total. The quantitative estimate of drug-likeness (QED) is 0.851. The Morgan fingerprint density at radius 3 is 1.95 bits per heavy atom. The monoisotopic (exact) mass is 301 g/mol. The number of ether oxygens (including phenoxy) is 3. The van der Waals surface area contributed by atoms with Crippen LogP contribution in [0.15, 0.2) is 36.4 Å². The smallest absolute Gasteiger partial charge is 0.164 e. The molecule has 0 aliphatic heterocycles. The molecule has 2 rings (SSSR count). The first-order valence-electron chi connectivity index (χ1n) is 7.23. The number of hydrogen-bond donors (Lipinski definition) is 1. The molecule has 2 aromatic carbocycles. The number of benzene rings is 2. The highest BCUT2D eigenvalue weighted by Crippen LogP contribution is 2.34. The first-order chi connectivity index (χ1) is 10.7. The van der Waals surface area contributed by atoms with Gasteiger partial charge in [0.15, 0.2) is 11.5 Å². The lowest BCUT2D eigenvalue weighted by Crippen LogP contribution is -2.13. The van der Waals surface area contributed by atoms with Crippen LogP contribution in [-0.4, -0.2) is 21.3 Å². The third kappa shape index (κ3) is 3.92. The van der Waals surface area contributed by atoms with E-state index in [2.05, 4.69) is 36.5 Å². The summed E-state index contributed by atoms with van der Waals surface area (Å²) in [5.41, 5.74) is 3.56. The van der Waals surface area contributed by atoms with E-state index in [1.807, 2.05) is 12.1 Å². The van der Waals surface area contributed by atoms with Crippen molar-refractivity contribution >= 4 is 0 Å². The average molecular weight is 301 g/mol. The number of rotatable bonds is 7. The van der Waals surface area contributed by atoms with Crippen LogP contribution in [-0.2, 0) is 13.1 Å². The molecule has 0 atom stereocenters. The zero-order valence-electron chi connectivity index (χ0n) is 13.6. The number of hydrogen-bond acceptors (Lipinski definition) is 4. The van der Waals surface area contributed by atoms with Gasteiger partial charge in [-0.15, -0.1) is 0 Å². The van der Waals surface area contributed by atoms with Gasteiger partial charge < -0.3 is 19.5 Å². The van der Waals surface area contributed by atoms with Crippen molar-refractivity contribution in [3.63, 3.8) is 0 Å². The van der Waals surface area contributed by atoms with Crippen LogP contribution in [0.25, 0.3) is 0 Å². The molecule has 0 heterocycles. The van der Waals surface area contributed by atoms with Crippen LogP contribution in [0.2, 0.25) is 0 Å². The maximum Gasteiger partial charge on any atom is 0.164 e. The minimum Gasteiger partial charge on any atom is -0.496 e. The predicted molar refractivity (Wildman–Crippen MR) is 87.8 cm³/mol. The molecule has 0 fully saturated rings. The second-order valence-electron chi connectivity index (χ2n) is 5.11. The van der Waals surface area contributed by atoms with Crippen molar-refractivity contribution in [3.05, 3.63) is 53.1 Å². The largest absolute Gasteiger partial charge is 0.496 e. The summed E-state index contributed by atoms with van der Waals surface area (Å²) in [4.78, 5) is 0. The molecule has 0 aromatic heterocycles. The van der Waals surface area contributed by atoms with Gasteiger partial charge in [0.1, 0.15) is 5.75 Å². The van der Waals surface area contributed by atoms with E-state index in [1.54, 1.807) is 21.3 Å². The van der Waals surface area contributed by atoms with Crippen molar-refractivity contribution in [3.8, 4) is 17.2 Å². The molecule has 0 saturated carbocycles. The SMILES string of the molecule is COc1cc(OC)c(OC)cc1CNCc1ccc(C)cc1. The van der Waals surface area contributed by atoms with Crippen molar-refractivity contribution in [2.75, 3.05) is 21.3 Å². The van der Waals surface area contributed by atoms with Gasteiger partial charge in [0.05, 0.1) is 21.3 Å². The lowest BCUT2D eigenvalue weighted by molar-refractivity contribution is 0.347. The van der Waals surface area contributed by atoms with Gasteiger partial charge in [0.25, 0.3) is 0 Å². The van der Waals surface area contributed by atoms with E-state index in [0.717, 1.165) is 17.9 Å². The maximum atomic E-state index is 5.43. The molecule has 0 aliphatic rings. The standard InChI is InChI=1S/C18H23NO3/c1-13-5-7-14(8-6-13)11-19-12-15-9-17(21-3)18(22-4)10-16(15)20-2/h5-10,19H,11-12H2,1-4H3. The zero-order valence-corrected chi connectivity index (χ0v) is 13.6. The number of aryl methyl sites for hydroxylation is 1. The van der Waals surface area contributed by atoms with Crippen LogP contribution in [0.3, 0.4) is 0 Å². The van der Waals surface area contributed by atoms with Crippen molar-refractivity contribution in [1.82, 2.24) is 5.32 Å². The van der Waals surface area contributed by atoms with Gasteiger partial charge in [-0.1, -0.05) is 29.8 Å². The lowest BCUT2D eigenvalue weighted by Gasteiger charge is -2.14. The summed E-state index contributed by atoms with van der Waals surface area (Å²) in [7, 11) is 4.91. The molecule has 0 spiro atoms. The van der Waals surface area contributed by atoms with Crippen LogP contribution in [0.4, 0.5) is 0 Å². The van der Waals surface area contributed by atoms with Crippen molar-refractivity contribution in [2.45, 2.75) is 20.0 Å². The topological polar surface area (TPSA) is 39.7 Å². The first kappa shape index (κ1) is 16.2. The molecule has 0 saturated heterocycles. The number of methoxy groups -OCH3 is 3. The third-order valence-electron chi connectivity index (χ3n) is 3.55. The molecule has 4 nitrogen and oxygen atoms in total. The van der Waals surface area contributed by atoms with Gasteiger partial charge in [-0.25, -0.2) is 0 Å². The summed E-state index contributed by atoms with van der Waals surface area (Å²) in [5.74, 6) is 2.16. The Kier molecular flexibility index (Phi) is 5.67. The van der Waals surface area contributed by atoms with Gasteiger partial charge >= 0.3 is 0 Å². The first-order valence-corrected chi connectivity index (χ1v) is 7.23. The fourth-order valence-electron chi connectivity index (χ4n) is 2.28. The molecule has 22 heavy (non-hydrogen) atoms. The molecule has 4 heteroatoms. The molecule has 0 amide bonds. The third-order valence-corrected chi connectivity index (χ3v) is 3.55.